The summed E-state index contributed by atoms with van der Waals surface area (Å²) in [5.41, 5.74) is 10.1. The molecule has 1 aliphatic carbocycles. The zero-order valence-electron chi connectivity index (χ0n) is 25.2. The van der Waals surface area contributed by atoms with Gasteiger partial charge in [0.05, 0.1) is 0 Å². The molecular weight excluding hydrogens is 541 g/mol. The lowest BCUT2D eigenvalue weighted by molar-refractivity contribution is 0.103. The van der Waals surface area contributed by atoms with E-state index in [2.05, 4.69) is 117 Å². The summed E-state index contributed by atoms with van der Waals surface area (Å²) < 4.78 is 2.58. The largest absolute Gasteiger partial charge is 0.289 e. The minimum Gasteiger partial charge on any atom is -0.289 e. The van der Waals surface area contributed by atoms with Gasteiger partial charge in [0.2, 0.25) is 0 Å². The summed E-state index contributed by atoms with van der Waals surface area (Å²) in [6.45, 7) is 8.50. The lowest BCUT2D eigenvalue weighted by Gasteiger charge is -2.21. The summed E-state index contributed by atoms with van der Waals surface area (Å²) in [5, 5.41) is 2.58. The van der Waals surface area contributed by atoms with Crippen LogP contribution >= 0.6 is 11.3 Å². The van der Waals surface area contributed by atoms with E-state index >= 15 is 0 Å². The predicted octanol–water partition coefficient (Wildman–Crippen LogP) is 11.9. The highest BCUT2D eigenvalue weighted by Gasteiger charge is 2.17. The van der Waals surface area contributed by atoms with Crippen molar-refractivity contribution in [1.29, 1.82) is 0 Å². The Morgan fingerprint density at radius 3 is 1.95 bits per heavy atom. The standard InChI is InChI=1S/C39H30OS.C2H6/c1-25-9-3-4-10-31(25)33-13-7-12-32(26(33)2)27-17-21-29(22-18-27)38(40)30-23-19-28(20-24-30)34-14-8-15-36-35-11-5-6-16-37(35)41-39(34)36;1-2/h3-8,10-25H,9H2,1-2H3;1-2H3. The van der Waals surface area contributed by atoms with Crippen molar-refractivity contribution in [1.82, 2.24) is 0 Å². The highest BCUT2D eigenvalue weighted by molar-refractivity contribution is 7.26. The highest BCUT2D eigenvalue weighted by atomic mass is 32.1. The minimum absolute atomic E-state index is 0.0432. The molecule has 6 aromatic rings. The van der Waals surface area contributed by atoms with E-state index < -0.39 is 0 Å². The molecule has 43 heavy (non-hydrogen) atoms. The molecule has 0 N–H and O–H groups in total. The first-order valence-electron chi connectivity index (χ1n) is 15.2. The van der Waals surface area contributed by atoms with Crippen molar-refractivity contribution < 1.29 is 4.79 Å². The fourth-order valence-corrected chi connectivity index (χ4v) is 7.34. The lowest BCUT2D eigenvalue weighted by Crippen LogP contribution is -2.03. The van der Waals surface area contributed by atoms with E-state index in [0.717, 1.165) is 17.5 Å². The van der Waals surface area contributed by atoms with E-state index in [9.17, 15) is 4.79 Å². The second kappa shape index (κ2) is 12.4. The van der Waals surface area contributed by atoms with Crippen molar-refractivity contribution in [3.8, 4) is 22.3 Å². The molecule has 0 spiro atoms. The topological polar surface area (TPSA) is 17.1 Å². The fourth-order valence-electron chi connectivity index (χ4n) is 6.11. The van der Waals surface area contributed by atoms with Crippen LogP contribution in [-0.2, 0) is 0 Å². The molecule has 0 bridgehead atoms. The molecule has 0 aliphatic heterocycles. The van der Waals surface area contributed by atoms with Crippen LogP contribution in [-0.4, -0.2) is 5.78 Å². The number of carbonyl (C=O) groups is 1. The SMILES string of the molecule is CC.Cc1c(C2=CC=CCC2C)cccc1-c1ccc(C(=O)c2ccc(-c3cccc4c3sc3ccccc34)cc2)cc1. The van der Waals surface area contributed by atoms with Crippen molar-refractivity contribution in [2.24, 2.45) is 5.92 Å². The summed E-state index contributed by atoms with van der Waals surface area (Å²) in [6, 6.07) is 37.7. The summed E-state index contributed by atoms with van der Waals surface area (Å²) in [7, 11) is 0. The zero-order chi connectivity index (χ0) is 29.9. The molecule has 212 valence electrons. The van der Waals surface area contributed by atoms with Gasteiger partial charge in [-0.3, -0.25) is 4.79 Å². The summed E-state index contributed by atoms with van der Waals surface area (Å²) >= 11 is 1.83. The highest BCUT2D eigenvalue weighted by Crippen LogP contribution is 2.40. The normalized spacial score (nSPS) is 14.3. The van der Waals surface area contributed by atoms with Crippen LogP contribution in [0, 0.1) is 12.8 Å². The number of allylic oxidation sites excluding steroid dienone is 4. The van der Waals surface area contributed by atoms with Crippen LogP contribution in [0.1, 0.15) is 54.2 Å². The van der Waals surface area contributed by atoms with Crippen LogP contribution in [0.5, 0.6) is 0 Å². The molecule has 1 heterocycles. The maximum atomic E-state index is 13.4. The molecular formula is C41H36OS. The molecule has 0 amide bonds. The van der Waals surface area contributed by atoms with Gasteiger partial charge >= 0.3 is 0 Å². The summed E-state index contributed by atoms with van der Waals surface area (Å²) in [5.74, 6) is 0.555. The van der Waals surface area contributed by atoms with Crippen molar-refractivity contribution in [2.75, 3.05) is 0 Å². The van der Waals surface area contributed by atoms with E-state index in [4.69, 9.17) is 0 Å². The molecule has 1 atom stereocenters. The maximum absolute atomic E-state index is 13.4. The molecule has 7 rings (SSSR count). The number of ketones is 1. The van der Waals surface area contributed by atoms with Crippen molar-refractivity contribution in [3.05, 3.63) is 150 Å². The quantitative estimate of drug-likeness (QED) is 0.187. The third-order valence-electron chi connectivity index (χ3n) is 8.40. The number of carbonyl (C=O) groups excluding carboxylic acids is 1. The van der Waals surface area contributed by atoms with Gasteiger partial charge in [0, 0.05) is 31.3 Å². The molecule has 1 unspecified atom stereocenters. The Hall–Kier alpha value is -4.53. The van der Waals surface area contributed by atoms with Gasteiger partial charge in [0.1, 0.15) is 0 Å². The first-order valence-corrected chi connectivity index (χ1v) is 16.0. The Kier molecular flexibility index (Phi) is 8.22. The summed E-state index contributed by atoms with van der Waals surface area (Å²) in [6.07, 6.45) is 7.73. The Bertz CT molecular complexity index is 1980. The average Bonchev–Trinajstić information content (AvgIpc) is 3.45. The Morgan fingerprint density at radius 2 is 1.26 bits per heavy atom. The van der Waals surface area contributed by atoms with Gasteiger partial charge < -0.3 is 0 Å². The molecule has 2 heteroatoms. The van der Waals surface area contributed by atoms with E-state index in [1.807, 2.05) is 49.4 Å². The Labute approximate surface area is 258 Å². The number of hydrogen-bond donors (Lipinski definition) is 0. The first-order chi connectivity index (χ1) is 21.1. The third kappa shape index (κ3) is 5.40. The van der Waals surface area contributed by atoms with E-state index in [-0.39, 0.29) is 5.78 Å². The van der Waals surface area contributed by atoms with Crippen molar-refractivity contribution in [3.63, 3.8) is 0 Å². The molecule has 1 nitrogen and oxygen atoms in total. The Morgan fingerprint density at radius 1 is 0.674 bits per heavy atom. The smallest absolute Gasteiger partial charge is 0.193 e. The van der Waals surface area contributed by atoms with E-state index in [1.54, 1.807) is 0 Å². The third-order valence-corrected chi connectivity index (χ3v) is 9.62. The summed E-state index contributed by atoms with van der Waals surface area (Å²) in [4.78, 5) is 13.4. The van der Waals surface area contributed by atoms with Gasteiger partial charge in [-0.15, -0.1) is 11.3 Å². The van der Waals surface area contributed by atoms with E-state index in [1.165, 1.54) is 48.0 Å². The lowest BCUT2D eigenvalue weighted by atomic mass is 9.84. The van der Waals surface area contributed by atoms with Crippen LogP contribution in [0.4, 0.5) is 0 Å². The monoisotopic (exact) mass is 576 g/mol. The molecule has 0 radical (unpaired) electrons. The number of fused-ring (bicyclic) bond motifs is 3. The average molecular weight is 577 g/mol. The Balaban J connectivity index is 0.00000161. The number of thiophene rings is 1. The fraction of sp³-hybridized carbons (Fsp3) is 0.146. The second-order valence-corrected chi connectivity index (χ2v) is 12.0. The van der Waals surface area contributed by atoms with E-state index in [0.29, 0.717) is 17.0 Å². The van der Waals surface area contributed by atoms with Gasteiger partial charge in [-0.1, -0.05) is 142 Å². The minimum atomic E-state index is 0.0432. The first kappa shape index (κ1) is 28.6. The molecule has 0 saturated carbocycles. The predicted molar refractivity (Wildman–Crippen MR) is 187 cm³/mol. The number of benzene rings is 5. The second-order valence-electron chi connectivity index (χ2n) is 10.9. The van der Waals surface area contributed by atoms with Crippen LogP contribution in [0.2, 0.25) is 0 Å². The van der Waals surface area contributed by atoms with Gasteiger partial charge in [-0.25, -0.2) is 0 Å². The molecule has 0 fully saturated rings. The van der Waals surface area contributed by atoms with Crippen molar-refractivity contribution in [2.45, 2.75) is 34.1 Å². The molecule has 1 aliphatic rings. The van der Waals surface area contributed by atoms with Crippen LogP contribution in [0.3, 0.4) is 0 Å². The molecule has 0 saturated heterocycles. The van der Waals surface area contributed by atoms with Crippen LogP contribution in [0.15, 0.2) is 127 Å². The zero-order valence-corrected chi connectivity index (χ0v) is 26.0. The van der Waals surface area contributed by atoms with Gasteiger partial charge in [-0.2, -0.15) is 0 Å². The van der Waals surface area contributed by atoms with Gasteiger partial charge in [0.25, 0.3) is 0 Å². The molecule has 5 aromatic carbocycles. The maximum Gasteiger partial charge on any atom is 0.193 e. The van der Waals surface area contributed by atoms with Crippen molar-refractivity contribution >= 4 is 42.9 Å². The number of rotatable bonds is 5. The van der Waals surface area contributed by atoms with Gasteiger partial charge in [-0.05, 0) is 64.3 Å². The molecule has 1 aromatic heterocycles. The van der Waals surface area contributed by atoms with Crippen LogP contribution in [0.25, 0.3) is 48.0 Å². The van der Waals surface area contributed by atoms with Crippen LogP contribution < -0.4 is 0 Å². The number of hydrogen-bond acceptors (Lipinski definition) is 2. The van der Waals surface area contributed by atoms with Gasteiger partial charge in [0.15, 0.2) is 5.78 Å².